The van der Waals surface area contributed by atoms with Crippen molar-refractivity contribution < 1.29 is 14.0 Å². The van der Waals surface area contributed by atoms with Gasteiger partial charge in [-0.2, -0.15) is 5.26 Å². The van der Waals surface area contributed by atoms with Crippen molar-refractivity contribution in [2.24, 2.45) is 5.92 Å². The second-order valence-corrected chi connectivity index (χ2v) is 9.43. The largest absolute Gasteiger partial charge is 0.355 e. The zero-order valence-corrected chi connectivity index (χ0v) is 19.1. The standard InChI is InChI=1S/C26H28FN5O2/c27-20-6-9-24(29-17-20)30-10-1-11-31(13-12-30)26(34)22-15-21-7-8-23(22)32(21)25(33)14-18-2-4-19(16-28)5-3-18/h2-6,9,17,21-23H,1,7-8,10-15H2/t21-,22?,23-/m0/s1. The van der Waals surface area contributed by atoms with Gasteiger partial charge >= 0.3 is 0 Å². The fourth-order valence-electron chi connectivity index (χ4n) is 5.76. The molecule has 0 N–H and O–H groups in total. The summed E-state index contributed by atoms with van der Waals surface area (Å²) in [6.45, 7) is 2.72. The molecule has 3 aliphatic heterocycles. The lowest BCUT2D eigenvalue weighted by Gasteiger charge is -2.29. The Morgan fingerprint density at radius 3 is 2.62 bits per heavy atom. The number of nitriles is 1. The monoisotopic (exact) mass is 461 g/mol. The predicted molar refractivity (Wildman–Crippen MR) is 124 cm³/mol. The Balaban J connectivity index is 1.21. The van der Waals surface area contributed by atoms with Gasteiger partial charge in [-0.15, -0.1) is 0 Å². The molecule has 8 heteroatoms. The SMILES string of the molecule is N#Cc1ccc(CC(=O)N2[C@H]3CC[C@H]2C(C(=O)N2CCCN(c4ccc(F)cn4)CC2)C3)cc1. The zero-order valence-electron chi connectivity index (χ0n) is 19.1. The van der Waals surface area contributed by atoms with Gasteiger partial charge in [-0.1, -0.05) is 12.1 Å². The van der Waals surface area contributed by atoms with Crippen molar-refractivity contribution in [3.05, 3.63) is 59.5 Å². The number of hydrogen-bond acceptors (Lipinski definition) is 5. The van der Waals surface area contributed by atoms with E-state index in [1.54, 1.807) is 18.2 Å². The number of rotatable bonds is 4. The Morgan fingerprint density at radius 2 is 1.88 bits per heavy atom. The minimum absolute atomic E-state index is 0.0264. The van der Waals surface area contributed by atoms with E-state index in [0.29, 0.717) is 31.6 Å². The van der Waals surface area contributed by atoms with Crippen LogP contribution in [0.25, 0.3) is 0 Å². The van der Waals surface area contributed by atoms with Crippen molar-refractivity contribution in [3.63, 3.8) is 0 Å². The lowest BCUT2D eigenvalue weighted by molar-refractivity contribution is -0.137. The number of nitrogens with zero attached hydrogens (tertiary/aromatic N) is 5. The molecule has 3 fully saturated rings. The number of fused-ring (bicyclic) bond motifs is 2. The van der Waals surface area contributed by atoms with Crippen molar-refractivity contribution in [3.8, 4) is 6.07 Å². The first-order valence-electron chi connectivity index (χ1n) is 12.0. The van der Waals surface area contributed by atoms with Crippen LogP contribution in [0.5, 0.6) is 0 Å². The zero-order chi connectivity index (χ0) is 23.7. The first-order valence-corrected chi connectivity index (χ1v) is 12.0. The maximum Gasteiger partial charge on any atom is 0.227 e. The Kier molecular flexibility index (Phi) is 6.18. The topological polar surface area (TPSA) is 80.5 Å². The number of benzene rings is 1. The Hall–Kier alpha value is -3.47. The summed E-state index contributed by atoms with van der Waals surface area (Å²) in [7, 11) is 0. The number of aromatic nitrogens is 1. The molecule has 2 amide bonds. The van der Waals surface area contributed by atoms with E-state index in [1.807, 2.05) is 21.9 Å². The van der Waals surface area contributed by atoms with Gasteiger partial charge < -0.3 is 14.7 Å². The molecule has 0 radical (unpaired) electrons. The average Bonchev–Trinajstić information content (AvgIpc) is 3.34. The van der Waals surface area contributed by atoms with Gasteiger partial charge in [0.25, 0.3) is 0 Å². The van der Waals surface area contributed by atoms with E-state index >= 15 is 0 Å². The van der Waals surface area contributed by atoms with Crippen LogP contribution < -0.4 is 4.90 Å². The summed E-state index contributed by atoms with van der Waals surface area (Å²) in [6.07, 6.45) is 4.91. The van der Waals surface area contributed by atoms with E-state index in [4.69, 9.17) is 5.26 Å². The van der Waals surface area contributed by atoms with Gasteiger partial charge in [0.2, 0.25) is 11.8 Å². The minimum Gasteiger partial charge on any atom is -0.355 e. The number of amides is 2. The molecule has 2 bridgehead atoms. The van der Waals surface area contributed by atoms with Crippen molar-refractivity contribution in [2.75, 3.05) is 31.1 Å². The van der Waals surface area contributed by atoms with Crippen molar-refractivity contribution in [1.82, 2.24) is 14.8 Å². The van der Waals surface area contributed by atoms with Crippen LogP contribution in [-0.2, 0) is 16.0 Å². The lowest BCUT2D eigenvalue weighted by Crippen LogP contribution is -2.44. The number of anilines is 1. The van der Waals surface area contributed by atoms with Gasteiger partial charge in [0.1, 0.15) is 11.6 Å². The van der Waals surface area contributed by atoms with Crippen LogP contribution in [0.15, 0.2) is 42.6 Å². The Labute approximate surface area is 198 Å². The number of hydrogen-bond donors (Lipinski definition) is 0. The van der Waals surface area contributed by atoms with Gasteiger partial charge in [-0.05, 0) is 55.5 Å². The Bertz CT molecular complexity index is 1100. The molecule has 3 atom stereocenters. The number of carbonyl (C=O) groups is 2. The maximum atomic E-state index is 13.5. The average molecular weight is 462 g/mol. The molecule has 2 aromatic rings. The van der Waals surface area contributed by atoms with Crippen LogP contribution in [0.1, 0.15) is 36.8 Å². The smallest absolute Gasteiger partial charge is 0.227 e. The highest BCUT2D eigenvalue weighted by Crippen LogP contribution is 2.43. The van der Waals surface area contributed by atoms with E-state index in [2.05, 4.69) is 16.0 Å². The van der Waals surface area contributed by atoms with E-state index in [9.17, 15) is 14.0 Å². The first kappa shape index (κ1) is 22.3. The van der Waals surface area contributed by atoms with Gasteiger partial charge in [-0.25, -0.2) is 9.37 Å². The molecule has 1 aromatic carbocycles. The van der Waals surface area contributed by atoms with Crippen LogP contribution >= 0.6 is 0 Å². The molecule has 1 aromatic heterocycles. The fourth-order valence-corrected chi connectivity index (χ4v) is 5.76. The first-order chi connectivity index (χ1) is 16.5. The molecule has 3 aliphatic rings. The molecule has 0 saturated carbocycles. The summed E-state index contributed by atoms with van der Waals surface area (Å²) < 4.78 is 13.2. The van der Waals surface area contributed by atoms with Crippen molar-refractivity contribution in [2.45, 2.75) is 44.2 Å². The highest BCUT2D eigenvalue weighted by molar-refractivity contribution is 5.85. The second kappa shape index (κ2) is 9.41. The third-order valence-electron chi connectivity index (χ3n) is 7.42. The third-order valence-corrected chi connectivity index (χ3v) is 7.42. The molecule has 7 nitrogen and oxygen atoms in total. The summed E-state index contributed by atoms with van der Waals surface area (Å²) in [5.41, 5.74) is 1.47. The summed E-state index contributed by atoms with van der Waals surface area (Å²) in [6, 6.07) is 12.4. The lowest BCUT2D eigenvalue weighted by atomic mass is 9.88. The van der Waals surface area contributed by atoms with E-state index in [1.165, 1.54) is 12.3 Å². The Morgan fingerprint density at radius 1 is 1.06 bits per heavy atom. The summed E-state index contributed by atoms with van der Waals surface area (Å²) in [5, 5.41) is 8.97. The normalized spacial score (nSPS) is 24.1. The van der Waals surface area contributed by atoms with Crippen molar-refractivity contribution >= 4 is 17.6 Å². The van der Waals surface area contributed by atoms with Gasteiger partial charge in [0.15, 0.2) is 0 Å². The van der Waals surface area contributed by atoms with Crippen LogP contribution in [0.4, 0.5) is 10.2 Å². The summed E-state index contributed by atoms with van der Waals surface area (Å²) in [4.78, 5) is 36.8. The molecular weight excluding hydrogens is 433 g/mol. The van der Waals surface area contributed by atoms with Gasteiger partial charge in [0.05, 0.1) is 30.2 Å². The molecule has 0 spiro atoms. The third kappa shape index (κ3) is 4.35. The molecular formula is C26H28FN5O2. The molecule has 176 valence electrons. The molecule has 4 heterocycles. The molecule has 5 rings (SSSR count). The molecule has 34 heavy (non-hydrogen) atoms. The highest BCUT2D eigenvalue weighted by Gasteiger charge is 2.51. The predicted octanol–water partition coefficient (Wildman–Crippen LogP) is 2.75. The molecule has 3 saturated heterocycles. The van der Waals surface area contributed by atoms with Crippen LogP contribution in [0.3, 0.4) is 0 Å². The van der Waals surface area contributed by atoms with E-state index in [-0.39, 0.29) is 35.6 Å². The number of halogens is 1. The van der Waals surface area contributed by atoms with Crippen LogP contribution in [0.2, 0.25) is 0 Å². The number of pyridine rings is 1. The van der Waals surface area contributed by atoms with Gasteiger partial charge in [-0.3, -0.25) is 9.59 Å². The van der Waals surface area contributed by atoms with Gasteiger partial charge in [0, 0.05) is 38.3 Å². The maximum absolute atomic E-state index is 13.5. The summed E-state index contributed by atoms with van der Waals surface area (Å²) in [5.74, 6) is 0.452. The molecule has 1 unspecified atom stereocenters. The van der Waals surface area contributed by atoms with Crippen LogP contribution in [-0.4, -0.2) is 64.9 Å². The second-order valence-electron chi connectivity index (χ2n) is 9.43. The highest BCUT2D eigenvalue weighted by atomic mass is 19.1. The minimum atomic E-state index is -0.357. The quantitative estimate of drug-likeness (QED) is 0.700. The molecule has 0 aliphatic carbocycles. The number of carbonyl (C=O) groups excluding carboxylic acids is 2. The fraction of sp³-hybridized carbons (Fsp3) is 0.462. The van der Waals surface area contributed by atoms with Crippen molar-refractivity contribution in [1.29, 1.82) is 5.26 Å². The van der Waals surface area contributed by atoms with Crippen LogP contribution in [0, 0.1) is 23.1 Å². The van der Waals surface area contributed by atoms with E-state index in [0.717, 1.165) is 43.6 Å². The van der Waals surface area contributed by atoms with E-state index < -0.39 is 0 Å². The summed E-state index contributed by atoms with van der Waals surface area (Å²) >= 11 is 0.